The third-order valence-corrected chi connectivity index (χ3v) is 4.71. The molecular weight excluding hydrogens is 421 g/mol. The number of halogens is 2. The van der Waals surface area contributed by atoms with E-state index in [2.05, 4.69) is 31.2 Å². The van der Waals surface area contributed by atoms with Gasteiger partial charge in [0.2, 0.25) is 0 Å². The van der Waals surface area contributed by atoms with E-state index in [1.807, 2.05) is 6.07 Å². The first kappa shape index (κ1) is 17.2. The van der Waals surface area contributed by atoms with Crippen molar-refractivity contribution < 1.29 is 18.7 Å². The number of benzene rings is 1. The molecule has 27 heavy (non-hydrogen) atoms. The summed E-state index contributed by atoms with van der Waals surface area (Å²) in [6.45, 7) is 0.434. The van der Waals surface area contributed by atoms with Crippen LogP contribution in [0.4, 0.5) is 9.18 Å². The van der Waals surface area contributed by atoms with Crippen LogP contribution in [0.5, 0.6) is 11.8 Å². The molecule has 1 aromatic carbocycles. The molecule has 0 aliphatic carbocycles. The number of nitriles is 1. The Balaban J connectivity index is 1.53. The third kappa shape index (κ3) is 3.06. The molecular formula is C17H11BrFN5O3. The van der Waals surface area contributed by atoms with Crippen LogP contribution in [-0.2, 0) is 13.0 Å². The van der Waals surface area contributed by atoms with Crippen molar-refractivity contribution in [2.24, 2.45) is 0 Å². The highest BCUT2D eigenvalue weighted by Crippen LogP contribution is 2.30. The lowest BCUT2D eigenvalue weighted by Gasteiger charge is -2.11. The zero-order chi connectivity index (χ0) is 19.0. The van der Waals surface area contributed by atoms with Crippen molar-refractivity contribution in [3.8, 4) is 17.8 Å². The van der Waals surface area contributed by atoms with Crippen molar-refractivity contribution in [2.45, 2.75) is 13.0 Å². The normalized spacial score (nSPS) is 12.3. The second kappa shape index (κ2) is 6.85. The number of hydrogen-bond acceptors (Lipinski definition) is 6. The fraction of sp³-hybridized carbons (Fsp3) is 0.176. The highest BCUT2D eigenvalue weighted by Gasteiger charge is 2.21. The van der Waals surface area contributed by atoms with E-state index in [0.29, 0.717) is 34.3 Å². The predicted molar refractivity (Wildman–Crippen MR) is 93.9 cm³/mol. The number of fused-ring (bicyclic) bond motifs is 2. The first-order valence-corrected chi connectivity index (χ1v) is 8.68. The Kier molecular flexibility index (Phi) is 4.37. The molecule has 10 heteroatoms. The van der Waals surface area contributed by atoms with Crippen LogP contribution in [0.25, 0.3) is 5.52 Å². The fourth-order valence-corrected chi connectivity index (χ4v) is 3.38. The van der Waals surface area contributed by atoms with Gasteiger partial charge in [0.05, 0.1) is 11.1 Å². The maximum Gasteiger partial charge on any atom is 0.415 e. The summed E-state index contributed by atoms with van der Waals surface area (Å²) < 4.78 is 26.6. The molecule has 1 amide bonds. The van der Waals surface area contributed by atoms with Crippen molar-refractivity contribution in [3.05, 3.63) is 51.8 Å². The van der Waals surface area contributed by atoms with Gasteiger partial charge in [-0.3, -0.25) is 0 Å². The number of aromatic nitrogens is 3. The van der Waals surface area contributed by atoms with Gasteiger partial charge in [0.15, 0.2) is 5.69 Å². The van der Waals surface area contributed by atoms with Gasteiger partial charge in [-0.1, -0.05) is 0 Å². The number of nitrogens with zero attached hydrogens (tertiary/aromatic N) is 4. The quantitative estimate of drug-likeness (QED) is 0.683. The molecule has 0 fully saturated rings. The number of ether oxygens (including phenoxy) is 2. The standard InChI is InChI=1S/C17H11BrFN5O3/c18-11-7-21-16(24-8-23-13(5-20)15(11)24)27-17(25)22-6-10-9-3-4-26-14(9)2-1-12(10)19/h1-2,7-8H,3-4,6H2,(H,22,25). The van der Waals surface area contributed by atoms with E-state index >= 15 is 0 Å². The first-order chi connectivity index (χ1) is 13.1. The van der Waals surface area contributed by atoms with E-state index in [9.17, 15) is 9.18 Å². The van der Waals surface area contributed by atoms with Crippen LogP contribution in [0, 0.1) is 17.1 Å². The number of nitrogens with one attached hydrogen (secondary N) is 1. The topological polar surface area (TPSA) is 102 Å². The Morgan fingerprint density at radius 3 is 3.15 bits per heavy atom. The Bertz CT molecular complexity index is 1110. The van der Waals surface area contributed by atoms with E-state index in [1.54, 1.807) is 6.07 Å². The number of hydrogen-bond donors (Lipinski definition) is 1. The molecule has 1 aliphatic heterocycles. The number of carbonyl (C=O) groups excluding carboxylic acids is 1. The molecule has 1 N–H and O–H groups in total. The van der Waals surface area contributed by atoms with Crippen LogP contribution in [0.1, 0.15) is 16.8 Å². The number of imidazole rings is 1. The highest BCUT2D eigenvalue weighted by molar-refractivity contribution is 9.10. The molecule has 0 saturated carbocycles. The number of carbonyl (C=O) groups is 1. The van der Waals surface area contributed by atoms with Crippen molar-refractivity contribution >= 4 is 27.5 Å². The minimum atomic E-state index is -0.811. The van der Waals surface area contributed by atoms with Crippen LogP contribution in [-0.4, -0.2) is 27.1 Å². The molecule has 3 heterocycles. The van der Waals surface area contributed by atoms with Crippen LogP contribution >= 0.6 is 15.9 Å². The second-order valence-electron chi connectivity index (χ2n) is 5.66. The maximum atomic E-state index is 14.1. The van der Waals surface area contributed by atoms with E-state index in [4.69, 9.17) is 14.7 Å². The monoisotopic (exact) mass is 431 g/mol. The molecule has 4 rings (SSSR count). The SMILES string of the molecule is N#Cc1ncn2c(OC(=O)NCc3c(F)ccc4c3CCO4)ncc(Br)c12. The zero-order valence-electron chi connectivity index (χ0n) is 13.7. The summed E-state index contributed by atoms with van der Waals surface area (Å²) in [5.74, 6) is 0.206. The molecule has 1 aliphatic rings. The average Bonchev–Trinajstić information content (AvgIpc) is 3.30. The Morgan fingerprint density at radius 1 is 1.48 bits per heavy atom. The Morgan fingerprint density at radius 2 is 2.33 bits per heavy atom. The molecule has 0 atom stereocenters. The van der Waals surface area contributed by atoms with Gasteiger partial charge in [-0.05, 0) is 28.1 Å². The lowest BCUT2D eigenvalue weighted by Crippen LogP contribution is -2.28. The van der Waals surface area contributed by atoms with Gasteiger partial charge in [-0.25, -0.2) is 23.6 Å². The van der Waals surface area contributed by atoms with Gasteiger partial charge in [-0.15, -0.1) is 0 Å². The second-order valence-corrected chi connectivity index (χ2v) is 6.51. The van der Waals surface area contributed by atoms with Crippen molar-refractivity contribution in [2.75, 3.05) is 6.61 Å². The predicted octanol–water partition coefficient (Wildman–Crippen LogP) is 2.73. The molecule has 8 nitrogen and oxygen atoms in total. The zero-order valence-corrected chi connectivity index (χ0v) is 15.3. The molecule has 136 valence electrons. The van der Waals surface area contributed by atoms with Crippen molar-refractivity contribution in [1.29, 1.82) is 5.26 Å². The summed E-state index contributed by atoms with van der Waals surface area (Å²) in [7, 11) is 0. The lowest BCUT2D eigenvalue weighted by molar-refractivity contribution is 0.195. The largest absolute Gasteiger partial charge is 0.493 e. The molecule has 0 unspecified atom stereocenters. The van der Waals surface area contributed by atoms with Crippen molar-refractivity contribution in [1.82, 2.24) is 19.7 Å². The minimum absolute atomic E-state index is 0.0513. The van der Waals surface area contributed by atoms with Gasteiger partial charge >= 0.3 is 12.1 Å². The molecule has 2 aromatic heterocycles. The van der Waals surface area contributed by atoms with E-state index in [1.165, 1.54) is 23.0 Å². The fourth-order valence-electron chi connectivity index (χ4n) is 2.90. The van der Waals surface area contributed by atoms with Crippen LogP contribution < -0.4 is 14.8 Å². The van der Waals surface area contributed by atoms with Gasteiger partial charge in [-0.2, -0.15) is 5.26 Å². The van der Waals surface area contributed by atoms with E-state index in [0.717, 1.165) is 5.56 Å². The average molecular weight is 432 g/mol. The van der Waals surface area contributed by atoms with Gasteiger partial charge < -0.3 is 14.8 Å². The summed E-state index contributed by atoms with van der Waals surface area (Å²) in [6.07, 6.45) is 2.51. The van der Waals surface area contributed by atoms with E-state index < -0.39 is 11.9 Å². The molecule has 0 radical (unpaired) electrons. The van der Waals surface area contributed by atoms with Crippen molar-refractivity contribution in [3.63, 3.8) is 0 Å². The minimum Gasteiger partial charge on any atom is -0.493 e. The van der Waals surface area contributed by atoms with Crippen LogP contribution in [0.15, 0.2) is 29.1 Å². The summed E-state index contributed by atoms with van der Waals surface area (Å²) >= 11 is 3.28. The first-order valence-electron chi connectivity index (χ1n) is 7.89. The lowest BCUT2D eigenvalue weighted by atomic mass is 10.0. The smallest absolute Gasteiger partial charge is 0.415 e. The molecule has 3 aromatic rings. The van der Waals surface area contributed by atoms with Crippen LogP contribution in [0.2, 0.25) is 0 Å². The Labute approximate surface area is 160 Å². The number of rotatable bonds is 3. The summed E-state index contributed by atoms with van der Waals surface area (Å²) in [4.78, 5) is 20.1. The third-order valence-electron chi connectivity index (χ3n) is 4.13. The molecule has 0 spiro atoms. The summed E-state index contributed by atoms with van der Waals surface area (Å²) in [6, 6.07) is 4.76. The van der Waals surface area contributed by atoms with Gasteiger partial charge in [0.25, 0.3) is 0 Å². The summed E-state index contributed by atoms with van der Waals surface area (Å²) in [5, 5.41) is 11.6. The molecule has 0 bridgehead atoms. The van der Waals surface area contributed by atoms with Crippen LogP contribution in [0.3, 0.4) is 0 Å². The Hall–Kier alpha value is -3.19. The maximum absolute atomic E-state index is 14.1. The van der Waals surface area contributed by atoms with Gasteiger partial charge in [0, 0.05) is 30.3 Å². The van der Waals surface area contributed by atoms with Gasteiger partial charge in [0.1, 0.15) is 29.5 Å². The van der Waals surface area contributed by atoms with E-state index in [-0.39, 0.29) is 18.2 Å². The number of amides is 1. The summed E-state index contributed by atoms with van der Waals surface area (Å²) in [5.41, 5.74) is 1.70. The molecule has 0 saturated heterocycles. The highest BCUT2D eigenvalue weighted by atomic mass is 79.9.